The molecule has 0 aliphatic rings. The lowest BCUT2D eigenvalue weighted by Crippen LogP contribution is -2.30. The van der Waals surface area contributed by atoms with Crippen molar-refractivity contribution in [1.82, 2.24) is 5.32 Å². The van der Waals surface area contributed by atoms with E-state index >= 15 is 0 Å². The lowest BCUT2D eigenvalue weighted by atomic mass is 10.0. The molecule has 4 N–H and O–H groups in total. The van der Waals surface area contributed by atoms with Gasteiger partial charge in [-0.1, -0.05) is 24.3 Å². The summed E-state index contributed by atoms with van der Waals surface area (Å²) in [5, 5.41) is 5.29. The molecule has 110 valence electrons. The van der Waals surface area contributed by atoms with Gasteiger partial charge >= 0.3 is 6.03 Å². The number of nitrogens with two attached hydrogens (primary N) is 1. The summed E-state index contributed by atoms with van der Waals surface area (Å²) in [7, 11) is 1.52. The zero-order valence-corrected chi connectivity index (χ0v) is 11.9. The average molecular weight is 285 g/mol. The van der Waals surface area contributed by atoms with Crippen LogP contribution in [0.25, 0.3) is 0 Å². The Morgan fingerprint density at radius 3 is 2.19 bits per heavy atom. The highest BCUT2D eigenvalue weighted by atomic mass is 16.5. The zero-order valence-electron chi connectivity index (χ0n) is 11.9. The van der Waals surface area contributed by atoms with E-state index in [-0.39, 0.29) is 12.8 Å². The number of benzene rings is 2. The number of anilines is 2. The van der Waals surface area contributed by atoms with Gasteiger partial charge in [0.05, 0.1) is 0 Å². The van der Waals surface area contributed by atoms with Gasteiger partial charge in [0.25, 0.3) is 0 Å². The quantitative estimate of drug-likeness (QED) is 0.584. The van der Waals surface area contributed by atoms with Gasteiger partial charge in [0.1, 0.15) is 6.73 Å². The molecule has 0 radical (unpaired) electrons. The van der Waals surface area contributed by atoms with Gasteiger partial charge in [0.2, 0.25) is 0 Å². The number of carbonyl (C=O) groups excluding carboxylic acids is 1. The van der Waals surface area contributed by atoms with Crippen molar-refractivity contribution in [1.29, 1.82) is 0 Å². The van der Waals surface area contributed by atoms with Crippen molar-refractivity contribution >= 4 is 17.4 Å². The molecule has 5 heteroatoms. The van der Waals surface area contributed by atoms with Crippen LogP contribution in [0.4, 0.5) is 16.2 Å². The first kappa shape index (κ1) is 14.9. The Kier molecular flexibility index (Phi) is 5.17. The number of amides is 2. The highest BCUT2D eigenvalue weighted by molar-refractivity contribution is 5.89. The van der Waals surface area contributed by atoms with Crippen molar-refractivity contribution in [3.8, 4) is 0 Å². The Hall–Kier alpha value is -2.53. The van der Waals surface area contributed by atoms with E-state index < -0.39 is 0 Å². The Morgan fingerprint density at radius 1 is 1.05 bits per heavy atom. The largest absolute Gasteiger partial charge is 0.399 e. The molecule has 0 heterocycles. The van der Waals surface area contributed by atoms with Gasteiger partial charge in [-0.3, -0.25) is 0 Å². The van der Waals surface area contributed by atoms with Gasteiger partial charge in [0.15, 0.2) is 0 Å². The lowest BCUT2D eigenvalue weighted by Gasteiger charge is -2.08. The molecule has 0 atom stereocenters. The summed E-state index contributed by atoms with van der Waals surface area (Å²) in [6, 6.07) is 15.3. The number of hydrogen-bond donors (Lipinski definition) is 3. The van der Waals surface area contributed by atoms with Crippen molar-refractivity contribution in [2.24, 2.45) is 0 Å². The molecule has 2 rings (SSSR count). The molecule has 0 aliphatic heterocycles. The van der Waals surface area contributed by atoms with Crippen molar-refractivity contribution in [2.75, 3.05) is 24.9 Å². The van der Waals surface area contributed by atoms with Crippen LogP contribution in [-0.2, 0) is 11.2 Å². The fourth-order valence-electron chi connectivity index (χ4n) is 1.89. The summed E-state index contributed by atoms with van der Waals surface area (Å²) in [6.07, 6.45) is 0.830. The molecule has 0 saturated heterocycles. The number of carbonyl (C=O) groups is 1. The minimum atomic E-state index is -0.289. The number of methoxy groups -OCH3 is 1. The third kappa shape index (κ3) is 4.81. The molecule has 0 aromatic heterocycles. The van der Waals surface area contributed by atoms with Crippen LogP contribution in [0.2, 0.25) is 0 Å². The highest BCUT2D eigenvalue weighted by Crippen LogP contribution is 2.14. The third-order valence-electron chi connectivity index (χ3n) is 2.98. The summed E-state index contributed by atoms with van der Waals surface area (Å²) in [5.74, 6) is 0. The van der Waals surface area contributed by atoms with Crippen molar-refractivity contribution in [2.45, 2.75) is 6.42 Å². The highest BCUT2D eigenvalue weighted by Gasteiger charge is 2.01. The molecule has 0 spiro atoms. The second-order valence-electron chi connectivity index (χ2n) is 4.68. The summed E-state index contributed by atoms with van der Waals surface area (Å²) < 4.78 is 4.76. The second-order valence-corrected chi connectivity index (χ2v) is 4.68. The molecule has 2 aromatic carbocycles. The fraction of sp³-hybridized carbons (Fsp3) is 0.188. The summed E-state index contributed by atoms with van der Waals surface area (Å²) in [4.78, 5) is 11.5. The first-order chi connectivity index (χ1) is 10.2. The van der Waals surface area contributed by atoms with Gasteiger partial charge in [-0.25, -0.2) is 4.79 Å². The van der Waals surface area contributed by atoms with Crippen LogP contribution in [0.1, 0.15) is 11.1 Å². The van der Waals surface area contributed by atoms with Crippen LogP contribution in [-0.4, -0.2) is 19.9 Å². The molecule has 0 aliphatic carbocycles. The molecule has 0 fully saturated rings. The van der Waals surface area contributed by atoms with Crippen LogP contribution in [0.3, 0.4) is 0 Å². The number of hydrogen-bond acceptors (Lipinski definition) is 3. The van der Waals surface area contributed by atoms with Gasteiger partial charge in [-0.05, 0) is 41.8 Å². The van der Waals surface area contributed by atoms with Crippen molar-refractivity contribution in [3.05, 3.63) is 59.7 Å². The topological polar surface area (TPSA) is 76.4 Å². The van der Waals surface area contributed by atoms with Gasteiger partial charge in [0, 0.05) is 18.5 Å². The van der Waals surface area contributed by atoms with E-state index in [1.165, 1.54) is 18.2 Å². The molecular formula is C16H19N3O2. The SMILES string of the molecule is COCNC(=O)Nc1ccc(Cc2ccc(N)cc2)cc1. The Bertz CT molecular complexity index is 579. The number of rotatable bonds is 5. The molecule has 0 bridgehead atoms. The molecule has 0 saturated carbocycles. The minimum Gasteiger partial charge on any atom is -0.399 e. The molecular weight excluding hydrogens is 266 g/mol. The summed E-state index contributed by atoms with van der Waals surface area (Å²) in [5.41, 5.74) is 9.54. The van der Waals surface area contributed by atoms with E-state index in [9.17, 15) is 4.79 Å². The predicted molar refractivity (Wildman–Crippen MR) is 84.1 cm³/mol. The van der Waals surface area contributed by atoms with Crippen LogP contribution in [0, 0.1) is 0 Å². The van der Waals surface area contributed by atoms with Crippen LogP contribution >= 0.6 is 0 Å². The maximum atomic E-state index is 11.5. The Morgan fingerprint density at radius 2 is 1.62 bits per heavy atom. The third-order valence-corrected chi connectivity index (χ3v) is 2.98. The first-order valence-electron chi connectivity index (χ1n) is 6.64. The van der Waals surface area contributed by atoms with E-state index in [0.717, 1.165) is 17.8 Å². The van der Waals surface area contributed by atoms with Gasteiger partial charge < -0.3 is 21.1 Å². The molecule has 2 amide bonds. The molecule has 0 unspecified atom stereocenters. The second kappa shape index (κ2) is 7.31. The van der Waals surface area contributed by atoms with E-state index in [4.69, 9.17) is 10.5 Å². The van der Waals surface area contributed by atoms with E-state index in [1.807, 2.05) is 48.5 Å². The Labute approximate surface area is 124 Å². The number of nitrogen functional groups attached to an aromatic ring is 1. The maximum Gasteiger partial charge on any atom is 0.321 e. The molecule has 21 heavy (non-hydrogen) atoms. The van der Waals surface area contributed by atoms with E-state index in [0.29, 0.717) is 0 Å². The van der Waals surface area contributed by atoms with Crippen LogP contribution in [0.5, 0.6) is 0 Å². The zero-order chi connectivity index (χ0) is 15.1. The fourth-order valence-corrected chi connectivity index (χ4v) is 1.89. The predicted octanol–water partition coefficient (Wildman–Crippen LogP) is 2.59. The van der Waals surface area contributed by atoms with Crippen LogP contribution < -0.4 is 16.4 Å². The van der Waals surface area contributed by atoms with Crippen molar-refractivity contribution < 1.29 is 9.53 Å². The molecule has 2 aromatic rings. The van der Waals surface area contributed by atoms with Crippen LogP contribution in [0.15, 0.2) is 48.5 Å². The normalized spacial score (nSPS) is 10.1. The Balaban J connectivity index is 1.92. The standard InChI is InChI=1S/C16H19N3O2/c1-21-11-18-16(20)19-15-8-4-13(5-9-15)10-12-2-6-14(17)7-3-12/h2-9H,10-11,17H2,1H3,(H2,18,19,20). The smallest absolute Gasteiger partial charge is 0.321 e. The average Bonchev–Trinajstić information content (AvgIpc) is 2.49. The molecule has 5 nitrogen and oxygen atoms in total. The minimum absolute atomic E-state index is 0.182. The maximum absolute atomic E-state index is 11.5. The van der Waals surface area contributed by atoms with E-state index in [2.05, 4.69) is 10.6 Å². The monoisotopic (exact) mass is 285 g/mol. The first-order valence-corrected chi connectivity index (χ1v) is 6.64. The number of nitrogens with one attached hydrogen (secondary N) is 2. The van der Waals surface area contributed by atoms with E-state index in [1.54, 1.807) is 0 Å². The van der Waals surface area contributed by atoms with Crippen molar-refractivity contribution in [3.63, 3.8) is 0 Å². The lowest BCUT2D eigenvalue weighted by molar-refractivity contribution is 0.177. The van der Waals surface area contributed by atoms with Gasteiger partial charge in [-0.15, -0.1) is 0 Å². The van der Waals surface area contributed by atoms with Gasteiger partial charge in [-0.2, -0.15) is 0 Å². The number of urea groups is 1. The summed E-state index contributed by atoms with van der Waals surface area (Å²) in [6.45, 7) is 0.182. The number of ether oxygens (including phenoxy) is 1. The summed E-state index contributed by atoms with van der Waals surface area (Å²) >= 11 is 0.